The van der Waals surface area contributed by atoms with Crippen LogP contribution in [0.3, 0.4) is 0 Å². The SMILES string of the molecule is Cc1ncsc1-c1ccc(CNC(=O)[C@@H]2C[C@@H](O)CN2C(=O)[C@@H](NC(=O)C2CC3(C2)CC(N2CCC(COc4ccc(N5C6CCC5CN(c5cc(-c7ccccc7O)nnc5N)C6)cn4)CC2)C3)C(C)(C)C)cc1. The number of para-hydroxylation sites is 1. The van der Waals surface area contributed by atoms with E-state index in [2.05, 4.69) is 46.6 Å². The summed E-state index contributed by atoms with van der Waals surface area (Å²) in [4.78, 5) is 60.9. The topological polar surface area (TPSA) is 216 Å². The fraction of sp³-hybridized carbons (Fsp3) is 0.526. The number of nitrogens with one attached hydrogen (secondary N) is 2. The van der Waals surface area contributed by atoms with E-state index in [1.807, 2.05) is 87.9 Å². The molecule has 2 unspecified atom stereocenters. The predicted molar refractivity (Wildman–Crippen MR) is 289 cm³/mol. The van der Waals surface area contributed by atoms with E-state index in [-0.39, 0.29) is 47.8 Å². The summed E-state index contributed by atoms with van der Waals surface area (Å²) in [5, 5.41) is 35.8. The molecule has 2 aromatic carbocycles. The number of nitrogen functional groups attached to an aromatic ring is 1. The Kier molecular flexibility index (Phi) is 14.0. The number of carbonyl (C=O) groups is 3. The third-order valence-electron chi connectivity index (χ3n) is 17.2. The standard InChI is InChI=1S/C57H71N11O6S/c1-34-50(75-33-61-34)37-11-9-35(10-12-37)27-60-54(72)47-21-43(69)31-67(47)55(73)51(56(2,3)4)62-53(71)38-23-57(24-38)25-42(26-57)65-19-17-36(18-20-65)32-74-49-16-15-39(28-59-49)68-40-13-14-41(68)30-66(29-40)46-22-45(63-64-52(46)58)44-7-5-6-8-48(44)70/h5-12,15-16,22,28,33,36,38,40-43,47,51,69-70H,13-14,17-21,23-27,29-32H2,1-4H3,(H2,58,64)(H,60,72)(H,62,71)/t38?,40?,41?,42?,43-,47+,51-,57?/m1/s1. The molecule has 2 bridgehead atoms. The number of aromatic nitrogens is 4. The fourth-order valence-electron chi connectivity index (χ4n) is 13.0. The number of aryl methyl sites for hydroxylation is 1. The van der Waals surface area contributed by atoms with Crippen LogP contribution in [0.4, 0.5) is 17.2 Å². The van der Waals surface area contributed by atoms with Crippen LogP contribution in [0.2, 0.25) is 0 Å². The molecule has 6 fully saturated rings. The highest BCUT2D eigenvalue weighted by Crippen LogP contribution is 2.60. The lowest BCUT2D eigenvalue weighted by Gasteiger charge is -2.60. The number of β-amino-alcohol motifs (C(OH)–C–C–N with tert-alkyl or cyclic N) is 1. The molecule has 6 N–H and O–H groups in total. The van der Waals surface area contributed by atoms with Gasteiger partial charge in [-0.2, -0.15) is 0 Å². The molecule has 3 aromatic heterocycles. The number of piperazine rings is 1. The summed E-state index contributed by atoms with van der Waals surface area (Å²) in [6.07, 6.45) is 9.43. The number of piperidine rings is 1. The lowest BCUT2D eigenvalue weighted by molar-refractivity contribution is -0.150. The van der Waals surface area contributed by atoms with Crippen molar-refractivity contribution in [3.63, 3.8) is 0 Å². The molecule has 5 atom stereocenters. The van der Waals surface area contributed by atoms with Gasteiger partial charge in [-0.05, 0) is 124 Å². The van der Waals surface area contributed by atoms with Crippen LogP contribution in [0, 0.1) is 29.6 Å². The Morgan fingerprint density at radius 2 is 1.63 bits per heavy atom. The number of phenolic OH excluding ortho intramolecular Hbond substituents is 1. The van der Waals surface area contributed by atoms with E-state index in [4.69, 9.17) is 15.5 Å². The Morgan fingerprint density at radius 3 is 2.29 bits per heavy atom. The van der Waals surface area contributed by atoms with Gasteiger partial charge < -0.3 is 50.9 Å². The summed E-state index contributed by atoms with van der Waals surface area (Å²) in [5.41, 5.74) is 13.9. The van der Waals surface area contributed by atoms with Crippen LogP contribution in [-0.2, 0) is 20.9 Å². The Balaban J connectivity index is 0.605. The van der Waals surface area contributed by atoms with Gasteiger partial charge in [-0.25, -0.2) is 9.97 Å². The second-order valence-electron chi connectivity index (χ2n) is 23.4. The number of benzene rings is 2. The molecular formula is C57H71N11O6S. The van der Waals surface area contributed by atoms with Gasteiger partial charge in [0, 0.05) is 68.3 Å². The highest BCUT2D eigenvalue weighted by molar-refractivity contribution is 7.13. The Bertz CT molecular complexity index is 2860. The van der Waals surface area contributed by atoms with Crippen molar-refractivity contribution in [3.8, 4) is 33.3 Å². The molecule has 18 heteroatoms. The van der Waals surface area contributed by atoms with Crippen molar-refractivity contribution >= 4 is 46.3 Å². The smallest absolute Gasteiger partial charge is 0.246 e. The van der Waals surface area contributed by atoms with Gasteiger partial charge in [0.05, 0.1) is 52.1 Å². The van der Waals surface area contributed by atoms with Crippen molar-refractivity contribution in [1.29, 1.82) is 0 Å². The molecule has 6 aliphatic rings. The third-order valence-corrected chi connectivity index (χ3v) is 18.2. The monoisotopic (exact) mass is 1040 g/mol. The molecule has 5 aromatic rings. The Hall–Kier alpha value is -6.37. The average molecular weight is 1040 g/mol. The number of aliphatic hydroxyl groups is 1. The molecule has 396 valence electrons. The summed E-state index contributed by atoms with van der Waals surface area (Å²) in [6, 6.07) is 20.7. The number of aromatic hydroxyl groups is 1. The minimum Gasteiger partial charge on any atom is -0.507 e. The predicted octanol–water partition coefficient (Wildman–Crippen LogP) is 6.57. The first-order valence-corrected chi connectivity index (χ1v) is 27.8. The average Bonchev–Trinajstić information content (AvgIpc) is 4.09. The summed E-state index contributed by atoms with van der Waals surface area (Å²) >= 11 is 1.59. The number of ether oxygens (including phenoxy) is 1. The molecule has 3 amide bonds. The second kappa shape index (κ2) is 20.6. The van der Waals surface area contributed by atoms with E-state index < -0.39 is 23.6 Å². The van der Waals surface area contributed by atoms with Gasteiger partial charge in [0.15, 0.2) is 5.82 Å². The maximum Gasteiger partial charge on any atom is 0.246 e. The zero-order chi connectivity index (χ0) is 52.2. The molecule has 4 saturated heterocycles. The number of nitrogens with two attached hydrogens (primary N) is 1. The van der Waals surface area contributed by atoms with E-state index in [0.717, 1.165) is 111 Å². The van der Waals surface area contributed by atoms with E-state index in [9.17, 15) is 24.6 Å². The van der Waals surface area contributed by atoms with Crippen molar-refractivity contribution in [2.75, 3.05) is 54.9 Å². The largest absolute Gasteiger partial charge is 0.507 e. The molecule has 4 aliphatic heterocycles. The lowest BCUT2D eigenvalue weighted by atomic mass is 9.49. The Morgan fingerprint density at radius 1 is 0.893 bits per heavy atom. The van der Waals surface area contributed by atoms with Crippen LogP contribution in [-0.4, -0.2) is 134 Å². The second-order valence-corrected chi connectivity index (χ2v) is 24.3. The van der Waals surface area contributed by atoms with Crippen LogP contribution < -0.4 is 30.9 Å². The number of likely N-dealkylation sites (tertiary alicyclic amines) is 2. The molecule has 1 spiro atoms. The number of thiazole rings is 1. The van der Waals surface area contributed by atoms with Crippen LogP contribution in [0.15, 0.2) is 78.4 Å². The van der Waals surface area contributed by atoms with Gasteiger partial charge in [-0.15, -0.1) is 21.5 Å². The maximum atomic E-state index is 14.3. The number of rotatable bonds is 14. The van der Waals surface area contributed by atoms with E-state index in [1.54, 1.807) is 23.5 Å². The van der Waals surface area contributed by atoms with Crippen LogP contribution in [0.25, 0.3) is 21.7 Å². The first kappa shape index (κ1) is 50.8. The number of phenols is 1. The number of fused-ring (bicyclic) bond motifs is 2. The zero-order valence-electron chi connectivity index (χ0n) is 43.5. The molecule has 2 saturated carbocycles. The van der Waals surface area contributed by atoms with Crippen molar-refractivity contribution < 1.29 is 29.3 Å². The van der Waals surface area contributed by atoms with Crippen molar-refractivity contribution in [3.05, 3.63) is 89.7 Å². The highest BCUT2D eigenvalue weighted by atomic mass is 32.1. The summed E-state index contributed by atoms with van der Waals surface area (Å²) < 4.78 is 6.29. The lowest BCUT2D eigenvalue weighted by Crippen LogP contribution is -2.62. The highest BCUT2D eigenvalue weighted by Gasteiger charge is 2.57. The van der Waals surface area contributed by atoms with E-state index in [0.29, 0.717) is 60.2 Å². The summed E-state index contributed by atoms with van der Waals surface area (Å²) in [6.45, 7) is 12.4. The summed E-state index contributed by atoms with van der Waals surface area (Å²) in [7, 11) is 0. The summed E-state index contributed by atoms with van der Waals surface area (Å²) in [5.74, 6) is 0.773. The van der Waals surface area contributed by atoms with Crippen molar-refractivity contribution in [2.24, 2.45) is 22.7 Å². The number of aliphatic hydroxyl groups excluding tert-OH is 1. The van der Waals surface area contributed by atoms with Crippen LogP contribution in [0.5, 0.6) is 11.6 Å². The minimum absolute atomic E-state index is 0.0444. The van der Waals surface area contributed by atoms with E-state index >= 15 is 0 Å². The van der Waals surface area contributed by atoms with Gasteiger partial charge >= 0.3 is 0 Å². The number of amides is 3. The first-order valence-electron chi connectivity index (χ1n) is 26.9. The van der Waals surface area contributed by atoms with Crippen LogP contribution in [0.1, 0.15) is 89.8 Å². The molecule has 17 nitrogen and oxygen atoms in total. The molecule has 2 aliphatic carbocycles. The number of hydrogen-bond acceptors (Lipinski definition) is 15. The number of anilines is 3. The number of pyridine rings is 1. The Labute approximate surface area is 443 Å². The fourth-order valence-corrected chi connectivity index (χ4v) is 13.8. The number of nitrogens with zero attached hydrogens (tertiary/aromatic N) is 8. The van der Waals surface area contributed by atoms with Crippen molar-refractivity contribution in [2.45, 2.75) is 128 Å². The van der Waals surface area contributed by atoms with Crippen molar-refractivity contribution in [1.82, 2.24) is 40.6 Å². The number of hydrogen-bond donors (Lipinski definition) is 5. The quantitative estimate of drug-likeness (QED) is 0.0796. The molecular weight excluding hydrogens is 967 g/mol. The van der Waals surface area contributed by atoms with E-state index in [1.165, 1.54) is 4.90 Å². The normalized spacial score (nSPS) is 26.2. The molecule has 0 radical (unpaired) electrons. The zero-order valence-corrected chi connectivity index (χ0v) is 44.3. The minimum atomic E-state index is -0.839. The van der Waals surface area contributed by atoms with Gasteiger partial charge in [0.1, 0.15) is 17.8 Å². The number of carbonyl (C=O) groups excluding carboxylic acids is 3. The van der Waals surface area contributed by atoms with Gasteiger partial charge in [-0.3, -0.25) is 14.4 Å². The molecule has 11 rings (SSSR count). The molecule has 7 heterocycles. The first-order chi connectivity index (χ1) is 36.1. The van der Waals surface area contributed by atoms with Gasteiger partial charge in [0.25, 0.3) is 0 Å². The third kappa shape index (κ3) is 10.5. The maximum absolute atomic E-state index is 14.3. The van der Waals surface area contributed by atoms with Gasteiger partial charge in [-0.1, -0.05) is 57.2 Å². The van der Waals surface area contributed by atoms with Gasteiger partial charge in [0.2, 0.25) is 23.6 Å². The van der Waals surface area contributed by atoms with Crippen LogP contribution >= 0.6 is 11.3 Å². The molecule has 75 heavy (non-hydrogen) atoms.